The van der Waals surface area contributed by atoms with Crippen molar-refractivity contribution in [2.45, 2.75) is 76.8 Å². The lowest BCUT2D eigenvalue weighted by atomic mass is 9.92. The lowest BCUT2D eigenvalue weighted by Crippen LogP contribution is -2.30. The van der Waals surface area contributed by atoms with Crippen LogP contribution in [0.25, 0.3) is 0 Å². The molecule has 2 aliphatic heterocycles. The minimum absolute atomic E-state index is 0.0145. The molecule has 0 aliphatic carbocycles. The second kappa shape index (κ2) is 10.4. The average Bonchev–Trinajstić information content (AvgIpc) is 3.55. The molecule has 0 radical (unpaired) electrons. The molecule has 10 heteroatoms. The average molecular weight is 510 g/mol. The highest BCUT2D eigenvalue weighted by Gasteiger charge is 2.32. The van der Waals surface area contributed by atoms with E-state index in [2.05, 4.69) is 4.99 Å². The molecule has 4 rings (SSSR count). The van der Waals surface area contributed by atoms with E-state index in [1.807, 2.05) is 43.2 Å². The summed E-state index contributed by atoms with van der Waals surface area (Å²) in [6.45, 7) is 8.10. The summed E-state index contributed by atoms with van der Waals surface area (Å²) >= 11 is 0. The van der Waals surface area contributed by atoms with Gasteiger partial charge in [-0.25, -0.2) is 0 Å². The van der Waals surface area contributed by atoms with Gasteiger partial charge in [0.1, 0.15) is 12.4 Å². The Morgan fingerprint density at radius 3 is 2.33 bits per heavy atom. The third kappa shape index (κ3) is 6.03. The van der Waals surface area contributed by atoms with Gasteiger partial charge in [0.05, 0.1) is 29.9 Å². The SMILES string of the molecule is Cn1c(C(C)(C)C)cc(=NC(=O)c2cc(C(F)(F)F)ccc2OC[C@H]2CCCO2)n1C[C@H]1CCCO1. The van der Waals surface area contributed by atoms with Crippen molar-refractivity contribution in [3.8, 4) is 5.75 Å². The highest BCUT2D eigenvalue weighted by atomic mass is 19.4. The molecule has 2 atom stereocenters. The first-order valence-corrected chi connectivity index (χ1v) is 12.4. The van der Waals surface area contributed by atoms with Crippen LogP contribution < -0.4 is 10.2 Å². The molecule has 0 unspecified atom stereocenters. The van der Waals surface area contributed by atoms with E-state index < -0.39 is 17.6 Å². The molecule has 0 saturated carbocycles. The fraction of sp³-hybridized carbons (Fsp3) is 0.615. The second-order valence-electron chi connectivity index (χ2n) is 10.5. The number of ether oxygens (including phenoxy) is 3. The molecule has 36 heavy (non-hydrogen) atoms. The fourth-order valence-corrected chi connectivity index (χ4v) is 4.69. The first kappa shape index (κ1) is 26.5. The van der Waals surface area contributed by atoms with Crippen molar-refractivity contribution in [1.29, 1.82) is 0 Å². The Labute approximate surface area is 208 Å². The van der Waals surface area contributed by atoms with Crippen LogP contribution in [0.1, 0.15) is 68.1 Å². The predicted molar refractivity (Wildman–Crippen MR) is 127 cm³/mol. The number of hydrogen-bond donors (Lipinski definition) is 0. The molecule has 7 nitrogen and oxygen atoms in total. The summed E-state index contributed by atoms with van der Waals surface area (Å²) in [5.74, 6) is -0.736. The van der Waals surface area contributed by atoms with E-state index >= 15 is 0 Å². The van der Waals surface area contributed by atoms with Crippen LogP contribution in [0, 0.1) is 0 Å². The Hall–Kier alpha value is -2.59. The summed E-state index contributed by atoms with van der Waals surface area (Å²) in [5.41, 5.74) is -0.0968. The highest BCUT2D eigenvalue weighted by molar-refractivity contribution is 5.97. The molecule has 2 saturated heterocycles. The summed E-state index contributed by atoms with van der Waals surface area (Å²) < 4.78 is 61.3. The summed E-state index contributed by atoms with van der Waals surface area (Å²) in [6.07, 6.45) is -1.21. The lowest BCUT2D eigenvalue weighted by Gasteiger charge is -2.21. The van der Waals surface area contributed by atoms with E-state index in [1.165, 1.54) is 6.07 Å². The predicted octanol–water partition coefficient (Wildman–Crippen LogP) is 4.62. The highest BCUT2D eigenvalue weighted by Crippen LogP contribution is 2.33. The first-order valence-electron chi connectivity index (χ1n) is 12.4. The van der Waals surface area contributed by atoms with E-state index in [9.17, 15) is 18.0 Å². The van der Waals surface area contributed by atoms with E-state index in [-0.39, 0.29) is 35.5 Å². The molecule has 0 bridgehead atoms. The van der Waals surface area contributed by atoms with Gasteiger partial charge in [-0.15, -0.1) is 0 Å². The number of carbonyl (C=O) groups is 1. The van der Waals surface area contributed by atoms with Crippen LogP contribution in [-0.4, -0.2) is 47.3 Å². The zero-order valence-corrected chi connectivity index (χ0v) is 21.2. The van der Waals surface area contributed by atoms with Crippen molar-refractivity contribution in [1.82, 2.24) is 9.36 Å². The lowest BCUT2D eigenvalue weighted by molar-refractivity contribution is -0.137. The van der Waals surface area contributed by atoms with Crippen LogP contribution in [0.3, 0.4) is 0 Å². The fourth-order valence-electron chi connectivity index (χ4n) is 4.69. The number of carbonyl (C=O) groups excluding carboxylic acids is 1. The van der Waals surface area contributed by atoms with Crippen molar-refractivity contribution in [2.75, 3.05) is 19.8 Å². The number of hydrogen-bond acceptors (Lipinski definition) is 4. The normalized spacial score (nSPS) is 21.4. The third-order valence-corrected chi connectivity index (χ3v) is 6.61. The maximum absolute atomic E-state index is 13.5. The number of benzene rings is 1. The van der Waals surface area contributed by atoms with Gasteiger partial charge in [-0.05, 0) is 43.9 Å². The van der Waals surface area contributed by atoms with Gasteiger partial charge in [-0.3, -0.25) is 14.2 Å². The minimum Gasteiger partial charge on any atom is -0.490 e. The van der Waals surface area contributed by atoms with Crippen molar-refractivity contribution in [2.24, 2.45) is 12.0 Å². The molecule has 2 aliphatic rings. The van der Waals surface area contributed by atoms with Crippen LogP contribution in [0.2, 0.25) is 0 Å². The Kier molecular flexibility index (Phi) is 7.66. The van der Waals surface area contributed by atoms with Gasteiger partial charge in [0, 0.05) is 37.4 Å². The minimum atomic E-state index is -4.60. The van der Waals surface area contributed by atoms with E-state index in [1.54, 1.807) is 0 Å². The van der Waals surface area contributed by atoms with Gasteiger partial charge >= 0.3 is 6.18 Å². The molecule has 0 spiro atoms. The Balaban J connectivity index is 1.74. The maximum Gasteiger partial charge on any atom is 0.416 e. The Morgan fingerprint density at radius 2 is 1.75 bits per heavy atom. The monoisotopic (exact) mass is 509 g/mol. The molecule has 3 heterocycles. The van der Waals surface area contributed by atoms with Crippen molar-refractivity contribution < 1.29 is 32.2 Å². The van der Waals surface area contributed by atoms with Crippen molar-refractivity contribution >= 4 is 5.91 Å². The molecular weight excluding hydrogens is 475 g/mol. The molecule has 2 aromatic rings. The van der Waals surface area contributed by atoms with Crippen LogP contribution in [0.4, 0.5) is 13.2 Å². The summed E-state index contributed by atoms with van der Waals surface area (Å²) in [5, 5.41) is 0. The van der Waals surface area contributed by atoms with Crippen molar-refractivity contribution in [3.05, 3.63) is 46.6 Å². The first-order chi connectivity index (χ1) is 16.9. The molecular formula is C26H34F3N3O4. The van der Waals surface area contributed by atoms with Gasteiger partial charge < -0.3 is 14.2 Å². The van der Waals surface area contributed by atoms with Gasteiger partial charge in [0.25, 0.3) is 5.91 Å². The Morgan fingerprint density at radius 1 is 1.08 bits per heavy atom. The summed E-state index contributed by atoms with van der Waals surface area (Å²) in [7, 11) is 1.89. The smallest absolute Gasteiger partial charge is 0.416 e. The zero-order valence-electron chi connectivity index (χ0n) is 21.2. The zero-order chi connectivity index (χ0) is 26.1. The Bertz CT molecular complexity index is 1150. The van der Waals surface area contributed by atoms with E-state index in [4.69, 9.17) is 14.2 Å². The molecule has 1 aromatic heterocycles. The van der Waals surface area contributed by atoms with Gasteiger partial charge in [0.2, 0.25) is 0 Å². The maximum atomic E-state index is 13.5. The van der Waals surface area contributed by atoms with E-state index in [0.29, 0.717) is 25.2 Å². The second-order valence-corrected chi connectivity index (χ2v) is 10.5. The molecule has 1 aromatic carbocycles. The third-order valence-electron chi connectivity index (χ3n) is 6.61. The number of rotatable bonds is 6. The number of alkyl halides is 3. The summed E-state index contributed by atoms with van der Waals surface area (Å²) in [4.78, 5) is 17.7. The van der Waals surface area contributed by atoms with Gasteiger partial charge in [0.15, 0.2) is 5.49 Å². The number of halogens is 3. The molecule has 1 amide bonds. The van der Waals surface area contributed by atoms with Crippen LogP contribution in [0.15, 0.2) is 29.3 Å². The summed E-state index contributed by atoms with van der Waals surface area (Å²) in [6, 6.07) is 4.73. The number of nitrogens with zero attached hydrogens (tertiary/aromatic N) is 3. The van der Waals surface area contributed by atoms with Crippen LogP contribution in [0.5, 0.6) is 5.75 Å². The largest absolute Gasteiger partial charge is 0.490 e. The quantitative estimate of drug-likeness (QED) is 0.570. The molecule has 0 N–H and O–H groups in total. The van der Waals surface area contributed by atoms with E-state index in [0.717, 1.165) is 43.5 Å². The topological polar surface area (TPSA) is 67.0 Å². The van der Waals surface area contributed by atoms with Gasteiger partial charge in [-0.1, -0.05) is 20.8 Å². The number of aromatic nitrogens is 2. The van der Waals surface area contributed by atoms with Crippen LogP contribution in [-0.2, 0) is 34.7 Å². The molecule has 2 fully saturated rings. The molecule has 198 valence electrons. The van der Waals surface area contributed by atoms with Crippen LogP contribution >= 0.6 is 0 Å². The standard InChI is InChI=1S/C26H34F3N3O4/c1-25(2,3)22-14-23(32(31(22)4)15-18-7-5-11-34-18)30-24(33)20-13-17(26(27,28)29)9-10-21(20)36-16-19-8-6-12-35-19/h9-10,13-14,18-19H,5-8,11-12,15-16H2,1-4H3/t18-,19-/m1/s1. The van der Waals surface area contributed by atoms with Crippen molar-refractivity contribution in [3.63, 3.8) is 0 Å². The van der Waals surface area contributed by atoms with Gasteiger partial charge in [-0.2, -0.15) is 18.2 Å². The number of amides is 1.